The van der Waals surface area contributed by atoms with Gasteiger partial charge in [0.25, 0.3) is 5.91 Å². The molecule has 1 aromatic rings. The van der Waals surface area contributed by atoms with Gasteiger partial charge in [-0.3, -0.25) is 9.69 Å². The number of benzene rings is 1. The van der Waals surface area contributed by atoms with Gasteiger partial charge in [0.15, 0.2) is 6.61 Å². The van der Waals surface area contributed by atoms with Crippen molar-refractivity contribution in [2.24, 2.45) is 0 Å². The lowest BCUT2D eigenvalue weighted by Gasteiger charge is -2.27. The van der Waals surface area contributed by atoms with Gasteiger partial charge in [0.2, 0.25) is 0 Å². The van der Waals surface area contributed by atoms with Crippen LogP contribution in [0.15, 0.2) is 18.2 Å². The number of rotatable bonds is 5. The first-order valence-corrected chi connectivity index (χ1v) is 9.67. The van der Waals surface area contributed by atoms with Crippen molar-refractivity contribution in [3.63, 3.8) is 0 Å². The van der Waals surface area contributed by atoms with Gasteiger partial charge in [-0.1, -0.05) is 6.07 Å². The Morgan fingerprint density at radius 3 is 2.53 bits per heavy atom. The molecule has 1 aliphatic heterocycles. The standard InChI is InChI=1S/C21H28N2O7/c1-13-8-9-14(18(25)28-5)11-15(13)22-17(24)12-29-19(26)16-7-6-10-23(16)20(27)30-21(2,3)4/h8-9,11,16H,6-7,10,12H2,1-5H3,(H,22,24)/t16-/m0/s1. The average molecular weight is 420 g/mol. The van der Waals surface area contributed by atoms with Crippen molar-refractivity contribution in [3.8, 4) is 0 Å². The molecule has 1 N–H and O–H groups in total. The number of ether oxygens (including phenoxy) is 3. The number of carbonyl (C=O) groups is 4. The second kappa shape index (κ2) is 9.60. The van der Waals surface area contributed by atoms with Crippen LogP contribution in [0.1, 0.15) is 49.5 Å². The van der Waals surface area contributed by atoms with Crippen LogP contribution in [0, 0.1) is 6.92 Å². The number of likely N-dealkylation sites (tertiary alicyclic amines) is 1. The van der Waals surface area contributed by atoms with Crippen LogP contribution in [0.3, 0.4) is 0 Å². The number of nitrogens with zero attached hydrogens (tertiary/aromatic N) is 1. The summed E-state index contributed by atoms with van der Waals surface area (Å²) in [5.41, 5.74) is 0.753. The van der Waals surface area contributed by atoms with Crippen LogP contribution in [-0.2, 0) is 23.8 Å². The van der Waals surface area contributed by atoms with Crippen molar-refractivity contribution in [2.45, 2.75) is 52.2 Å². The Hall–Kier alpha value is -3.10. The number of methoxy groups -OCH3 is 1. The number of aryl methyl sites for hydroxylation is 1. The molecule has 1 fully saturated rings. The second-order valence-electron chi connectivity index (χ2n) is 8.01. The van der Waals surface area contributed by atoms with E-state index in [1.165, 1.54) is 18.1 Å². The summed E-state index contributed by atoms with van der Waals surface area (Å²) in [5.74, 6) is -1.75. The van der Waals surface area contributed by atoms with Crippen LogP contribution in [0.2, 0.25) is 0 Å². The van der Waals surface area contributed by atoms with Crippen LogP contribution in [0.5, 0.6) is 0 Å². The third-order valence-corrected chi connectivity index (χ3v) is 4.43. The highest BCUT2D eigenvalue weighted by Crippen LogP contribution is 2.22. The normalized spacial score (nSPS) is 16.0. The molecule has 0 aromatic heterocycles. The molecule has 2 amide bonds. The van der Waals surface area contributed by atoms with Crippen molar-refractivity contribution in [1.29, 1.82) is 0 Å². The summed E-state index contributed by atoms with van der Waals surface area (Å²) in [6, 6.07) is 3.96. The van der Waals surface area contributed by atoms with E-state index in [4.69, 9.17) is 9.47 Å². The van der Waals surface area contributed by atoms with E-state index in [9.17, 15) is 19.2 Å². The summed E-state index contributed by atoms with van der Waals surface area (Å²) in [6.45, 7) is 6.88. The molecule has 0 aliphatic carbocycles. The highest BCUT2D eigenvalue weighted by Gasteiger charge is 2.37. The lowest BCUT2D eigenvalue weighted by atomic mass is 10.1. The fraction of sp³-hybridized carbons (Fsp3) is 0.524. The van der Waals surface area contributed by atoms with Crippen LogP contribution in [-0.4, -0.2) is 60.7 Å². The Morgan fingerprint density at radius 2 is 1.90 bits per heavy atom. The molecule has 9 heteroatoms. The van der Waals surface area contributed by atoms with Crippen molar-refractivity contribution < 1.29 is 33.4 Å². The smallest absolute Gasteiger partial charge is 0.411 e. The molecule has 0 radical (unpaired) electrons. The van der Waals surface area contributed by atoms with Gasteiger partial charge in [0, 0.05) is 12.2 Å². The molecule has 9 nitrogen and oxygen atoms in total. The first kappa shape index (κ1) is 23.2. The maximum absolute atomic E-state index is 12.4. The molecule has 2 rings (SSSR count). The maximum Gasteiger partial charge on any atom is 0.411 e. The van der Waals surface area contributed by atoms with Gasteiger partial charge < -0.3 is 19.5 Å². The molecular weight excluding hydrogens is 392 g/mol. The molecular formula is C21H28N2O7. The molecule has 1 aliphatic rings. The Kier molecular flexibility index (Phi) is 7.42. The van der Waals surface area contributed by atoms with Crippen LogP contribution >= 0.6 is 0 Å². The second-order valence-corrected chi connectivity index (χ2v) is 8.01. The molecule has 1 atom stereocenters. The Morgan fingerprint density at radius 1 is 1.20 bits per heavy atom. The largest absolute Gasteiger partial charge is 0.465 e. The number of hydrogen-bond donors (Lipinski definition) is 1. The number of amides is 2. The van der Waals surface area contributed by atoms with Gasteiger partial charge in [-0.05, 0) is 58.2 Å². The van der Waals surface area contributed by atoms with Crippen molar-refractivity contribution in [2.75, 3.05) is 25.6 Å². The lowest BCUT2D eigenvalue weighted by molar-refractivity contribution is -0.151. The minimum Gasteiger partial charge on any atom is -0.465 e. The summed E-state index contributed by atoms with van der Waals surface area (Å²) in [6.07, 6.45) is 0.506. The molecule has 0 saturated carbocycles. The predicted molar refractivity (Wildman–Crippen MR) is 108 cm³/mol. The van der Waals surface area contributed by atoms with E-state index in [-0.39, 0.29) is 5.56 Å². The lowest BCUT2D eigenvalue weighted by Crippen LogP contribution is -2.44. The molecule has 0 spiro atoms. The highest BCUT2D eigenvalue weighted by molar-refractivity contribution is 5.96. The zero-order chi connectivity index (χ0) is 22.5. The van der Waals surface area contributed by atoms with E-state index >= 15 is 0 Å². The summed E-state index contributed by atoms with van der Waals surface area (Å²) in [7, 11) is 1.27. The van der Waals surface area contributed by atoms with Gasteiger partial charge in [-0.15, -0.1) is 0 Å². The Bertz CT molecular complexity index is 829. The third-order valence-electron chi connectivity index (χ3n) is 4.43. The molecule has 164 valence electrons. The van der Waals surface area contributed by atoms with E-state index in [0.717, 1.165) is 5.56 Å². The molecule has 0 bridgehead atoms. The third kappa shape index (κ3) is 6.20. The minimum absolute atomic E-state index is 0.286. The number of carbonyl (C=O) groups excluding carboxylic acids is 4. The summed E-state index contributed by atoms with van der Waals surface area (Å²) in [4.78, 5) is 49.9. The van der Waals surface area contributed by atoms with Gasteiger partial charge in [0.05, 0.1) is 12.7 Å². The molecule has 0 unspecified atom stereocenters. The van der Waals surface area contributed by atoms with Crippen LogP contribution in [0.4, 0.5) is 10.5 Å². The number of esters is 2. The number of anilines is 1. The van der Waals surface area contributed by atoms with Crippen LogP contribution < -0.4 is 5.32 Å². The average Bonchev–Trinajstić information content (AvgIpc) is 3.16. The number of nitrogens with one attached hydrogen (secondary N) is 1. The quantitative estimate of drug-likeness (QED) is 0.576. The molecule has 1 aromatic carbocycles. The Balaban J connectivity index is 1.94. The molecule has 1 saturated heterocycles. The predicted octanol–water partition coefficient (Wildman–Crippen LogP) is 2.66. The monoisotopic (exact) mass is 420 g/mol. The highest BCUT2D eigenvalue weighted by atomic mass is 16.6. The van der Waals surface area contributed by atoms with Crippen molar-refractivity contribution in [1.82, 2.24) is 4.90 Å². The first-order chi connectivity index (χ1) is 14.0. The first-order valence-electron chi connectivity index (χ1n) is 9.67. The van der Waals surface area contributed by atoms with E-state index in [2.05, 4.69) is 10.1 Å². The van der Waals surface area contributed by atoms with Gasteiger partial charge >= 0.3 is 18.0 Å². The summed E-state index contributed by atoms with van der Waals surface area (Å²) < 4.78 is 15.1. The van der Waals surface area contributed by atoms with Gasteiger partial charge in [-0.2, -0.15) is 0 Å². The summed E-state index contributed by atoms with van der Waals surface area (Å²) in [5, 5.41) is 2.61. The minimum atomic E-state index is -0.781. The molecule has 30 heavy (non-hydrogen) atoms. The van der Waals surface area contributed by atoms with E-state index in [0.29, 0.717) is 25.1 Å². The zero-order valence-corrected chi connectivity index (χ0v) is 17.9. The number of hydrogen-bond acceptors (Lipinski definition) is 7. The fourth-order valence-corrected chi connectivity index (χ4v) is 2.97. The summed E-state index contributed by atoms with van der Waals surface area (Å²) >= 11 is 0. The SMILES string of the molecule is COC(=O)c1ccc(C)c(NC(=O)COC(=O)[C@@H]2CCCN2C(=O)OC(C)(C)C)c1. The zero-order valence-electron chi connectivity index (χ0n) is 17.9. The topological polar surface area (TPSA) is 111 Å². The fourth-order valence-electron chi connectivity index (χ4n) is 2.97. The van der Waals surface area contributed by atoms with E-state index < -0.39 is 42.2 Å². The maximum atomic E-state index is 12.4. The van der Waals surface area contributed by atoms with Crippen molar-refractivity contribution >= 4 is 29.6 Å². The van der Waals surface area contributed by atoms with Gasteiger partial charge in [-0.25, -0.2) is 14.4 Å². The van der Waals surface area contributed by atoms with Gasteiger partial charge in [0.1, 0.15) is 11.6 Å². The van der Waals surface area contributed by atoms with Crippen LogP contribution in [0.25, 0.3) is 0 Å². The van der Waals surface area contributed by atoms with E-state index in [1.54, 1.807) is 39.8 Å². The molecule has 1 heterocycles. The van der Waals surface area contributed by atoms with E-state index in [1.807, 2.05) is 0 Å². The van der Waals surface area contributed by atoms with Crippen molar-refractivity contribution in [3.05, 3.63) is 29.3 Å². The Labute approximate surface area is 175 Å².